The molecule has 13 heteroatoms. The molecule has 1 N–H and O–H groups in total. The third-order valence-electron chi connectivity index (χ3n) is 4.81. The first-order valence-corrected chi connectivity index (χ1v) is 10.4. The summed E-state index contributed by atoms with van der Waals surface area (Å²) in [6.07, 6.45) is -2.38. The predicted molar refractivity (Wildman–Crippen MR) is 107 cm³/mol. The highest BCUT2D eigenvalue weighted by atomic mass is 16.7. The fourth-order valence-corrected chi connectivity index (χ4v) is 3.03. The summed E-state index contributed by atoms with van der Waals surface area (Å²) in [6, 6.07) is 7.16. The molecular weight excluding hydrogens is 454 g/mol. The molecular formula is C21H21N3O10. The van der Waals surface area contributed by atoms with Crippen molar-refractivity contribution in [2.24, 2.45) is 0 Å². The Morgan fingerprint density at radius 3 is 1.91 bits per heavy atom. The molecule has 1 aromatic carbocycles. The van der Waals surface area contributed by atoms with E-state index in [1.54, 1.807) is 30.3 Å². The number of carbonyl (C=O) groups excluding carboxylic acids is 7. The molecule has 0 saturated carbocycles. The summed E-state index contributed by atoms with van der Waals surface area (Å²) in [7, 11) is 0. The second kappa shape index (κ2) is 11.0. The van der Waals surface area contributed by atoms with Gasteiger partial charge >= 0.3 is 18.0 Å². The smallest absolute Gasteiger partial charge is 0.408 e. The molecule has 3 rings (SSSR count). The molecule has 0 spiro atoms. The summed E-state index contributed by atoms with van der Waals surface area (Å²) in [5.41, 5.74) is 0.675. The van der Waals surface area contributed by atoms with Crippen molar-refractivity contribution in [2.75, 3.05) is 0 Å². The Kier molecular flexibility index (Phi) is 7.90. The topological polar surface area (TPSA) is 166 Å². The maximum Gasteiger partial charge on any atom is 0.408 e. The van der Waals surface area contributed by atoms with Crippen molar-refractivity contribution < 1.29 is 48.0 Å². The van der Waals surface area contributed by atoms with Crippen LogP contribution in [0.4, 0.5) is 4.79 Å². The quantitative estimate of drug-likeness (QED) is 0.490. The number of nitrogens with one attached hydrogen (secondary N) is 1. The van der Waals surface area contributed by atoms with E-state index < -0.39 is 60.5 Å². The van der Waals surface area contributed by atoms with Gasteiger partial charge in [-0.1, -0.05) is 30.3 Å². The highest BCUT2D eigenvalue weighted by molar-refractivity contribution is 6.02. The van der Waals surface area contributed by atoms with Crippen molar-refractivity contribution in [1.29, 1.82) is 0 Å². The number of nitrogens with zero attached hydrogens (tertiary/aromatic N) is 2. The molecule has 34 heavy (non-hydrogen) atoms. The minimum absolute atomic E-state index is 0.0895. The van der Waals surface area contributed by atoms with Gasteiger partial charge in [0.25, 0.3) is 23.6 Å². The molecule has 0 radical (unpaired) electrons. The molecule has 0 aliphatic carbocycles. The van der Waals surface area contributed by atoms with Crippen LogP contribution in [-0.2, 0) is 49.8 Å². The average molecular weight is 475 g/mol. The Morgan fingerprint density at radius 2 is 1.35 bits per heavy atom. The Labute approximate surface area is 192 Å². The lowest BCUT2D eigenvalue weighted by molar-refractivity contribution is -0.200. The van der Waals surface area contributed by atoms with Crippen LogP contribution < -0.4 is 5.32 Å². The maximum atomic E-state index is 12.6. The van der Waals surface area contributed by atoms with Gasteiger partial charge in [0, 0.05) is 25.7 Å². The normalized spacial score (nSPS) is 16.5. The molecule has 2 aliphatic heterocycles. The molecule has 2 saturated heterocycles. The Morgan fingerprint density at radius 1 is 0.824 bits per heavy atom. The lowest BCUT2D eigenvalue weighted by Gasteiger charge is -2.20. The van der Waals surface area contributed by atoms with Crippen LogP contribution >= 0.6 is 0 Å². The van der Waals surface area contributed by atoms with Gasteiger partial charge in [0.1, 0.15) is 12.6 Å². The largest absolute Gasteiger partial charge is 0.445 e. The van der Waals surface area contributed by atoms with Crippen molar-refractivity contribution in [3.05, 3.63) is 35.9 Å². The molecule has 1 aromatic rings. The van der Waals surface area contributed by atoms with Crippen molar-refractivity contribution in [2.45, 2.75) is 51.2 Å². The lowest BCUT2D eigenvalue weighted by atomic mass is 10.1. The van der Waals surface area contributed by atoms with Crippen LogP contribution in [0, 0.1) is 0 Å². The number of amides is 5. The first-order chi connectivity index (χ1) is 16.2. The van der Waals surface area contributed by atoms with E-state index in [0.717, 1.165) is 0 Å². The summed E-state index contributed by atoms with van der Waals surface area (Å²) in [5.74, 6) is -5.02. The zero-order valence-corrected chi connectivity index (χ0v) is 17.9. The number of ether oxygens (including phenoxy) is 1. The number of imide groups is 2. The summed E-state index contributed by atoms with van der Waals surface area (Å²) in [4.78, 5) is 92.9. The van der Waals surface area contributed by atoms with Crippen molar-refractivity contribution in [3.8, 4) is 0 Å². The third-order valence-corrected chi connectivity index (χ3v) is 4.81. The van der Waals surface area contributed by atoms with Crippen molar-refractivity contribution >= 4 is 41.7 Å². The predicted octanol–water partition coefficient (Wildman–Crippen LogP) is 0.276. The number of hydrogen-bond donors (Lipinski definition) is 1. The standard InChI is InChI=1S/C21H21N3O10/c25-15-7-8-16(26)23(15)33-19(29)11-6-14(20(30)34-24-17(27)9-10-18(24)28)22-21(31)32-12-13-4-2-1-3-5-13/h1-5,14H,6-12H2,(H,22,31). The Bertz CT molecular complexity index is 977. The molecule has 5 amide bonds. The highest BCUT2D eigenvalue weighted by Crippen LogP contribution is 2.16. The van der Waals surface area contributed by atoms with E-state index in [1.165, 1.54) is 0 Å². The number of hydroxylamine groups is 4. The fourth-order valence-electron chi connectivity index (χ4n) is 3.03. The summed E-state index contributed by atoms with van der Waals surface area (Å²) in [5, 5.41) is 2.86. The van der Waals surface area contributed by atoms with Gasteiger partial charge in [-0.2, -0.15) is 0 Å². The maximum absolute atomic E-state index is 12.6. The molecule has 1 unspecified atom stereocenters. The number of rotatable bonds is 9. The number of benzene rings is 1. The van der Waals surface area contributed by atoms with Crippen molar-refractivity contribution in [1.82, 2.24) is 15.4 Å². The van der Waals surface area contributed by atoms with Gasteiger partial charge in [0.15, 0.2) is 0 Å². The molecule has 0 aromatic heterocycles. The number of carbonyl (C=O) groups is 7. The average Bonchev–Trinajstić information content (AvgIpc) is 3.31. The Hall–Kier alpha value is -4.29. The van der Waals surface area contributed by atoms with Gasteiger partial charge in [0.05, 0.1) is 6.42 Å². The molecule has 2 aliphatic rings. The minimum Gasteiger partial charge on any atom is -0.445 e. The zero-order chi connectivity index (χ0) is 24.7. The summed E-state index contributed by atoms with van der Waals surface area (Å²) >= 11 is 0. The van der Waals surface area contributed by atoms with E-state index in [4.69, 9.17) is 14.4 Å². The van der Waals surface area contributed by atoms with Gasteiger partial charge in [-0.05, 0) is 12.0 Å². The van der Waals surface area contributed by atoms with E-state index in [1.807, 2.05) is 0 Å². The second-order valence-corrected chi connectivity index (χ2v) is 7.33. The zero-order valence-electron chi connectivity index (χ0n) is 17.9. The van der Waals surface area contributed by atoms with Crippen LogP contribution in [-0.4, -0.2) is 57.8 Å². The van der Waals surface area contributed by atoms with Gasteiger partial charge in [-0.25, -0.2) is 14.4 Å². The molecule has 0 bridgehead atoms. The number of hydrogen-bond acceptors (Lipinski definition) is 10. The van der Waals surface area contributed by atoms with E-state index >= 15 is 0 Å². The van der Waals surface area contributed by atoms with Gasteiger partial charge in [-0.15, -0.1) is 10.1 Å². The monoisotopic (exact) mass is 475 g/mol. The van der Waals surface area contributed by atoms with Crippen LogP contribution in [0.25, 0.3) is 0 Å². The van der Waals surface area contributed by atoms with Gasteiger partial charge in [-0.3, -0.25) is 19.2 Å². The van der Waals surface area contributed by atoms with Crippen LogP contribution in [0.15, 0.2) is 30.3 Å². The van der Waals surface area contributed by atoms with Crippen LogP contribution in [0.5, 0.6) is 0 Å². The second-order valence-electron chi connectivity index (χ2n) is 7.33. The summed E-state index contributed by atoms with van der Waals surface area (Å²) < 4.78 is 5.04. The fraction of sp³-hybridized carbons (Fsp3) is 0.381. The first kappa shape index (κ1) is 24.4. The number of alkyl carbamates (subject to hydrolysis) is 1. The van der Waals surface area contributed by atoms with Crippen LogP contribution in [0.2, 0.25) is 0 Å². The van der Waals surface area contributed by atoms with Crippen LogP contribution in [0.3, 0.4) is 0 Å². The Balaban J connectivity index is 1.59. The lowest BCUT2D eigenvalue weighted by Crippen LogP contribution is -2.46. The van der Waals surface area contributed by atoms with E-state index in [9.17, 15) is 33.6 Å². The molecule has 13 nitrogen and oxygen atoms in total. The van der Waals surface area contributed by atoms with Gasteiger partial charge < -0.3 is 19.7 Å². The van der Waals surface area contributed by atoms with Crippen LogP contribution in [0.1, 0.15) is 44.1 Å². The minimum atomic E-state index is -1.51. The van der Waals surface area contributed by atoms with Crippen molar-refractivity contribution in [3.63, 3.8) is 0 Å². The molecule has 2 fully saturated rings. The highest BCUT2D eigenvalue weighted by Gasteiger charge is 2.36. The third kappa shape index (κ3) is 6.37. The van der Waals surface area contributed by atoms with E-state index in [-0.39, 0.29) is 32.3 Å². The summed E-state index contributed by atoms with van der Waals surface area (Å²) in [6.45, 7) is -0.112. The first-order valence-electron chi connectivity index (χ1n) is 10.4. The van der Waals surface area contributed by atoms with E-state index in [2.05, 4.69) is 5.32 Å². The molecule has 2 heterocycles. The molecule has 180 valence electrons. The van der Waals surface area contributed by atoms with E-state index in [0.29, 0.717) is 15.7 Å². The molecule has 1 atom stereocenters. The van der Waals surface area contributed by atoms with Gasteiger partial charge in [0.2, 0.25) is 0 Å². The SMILES string of the molecule is O=C(CCC(NC(=O)OCc1ccccc1)C(=O)ON1C(=O)CCC1=O)ON1C(=O)CCC1=O.